The van der Waals surface area contributed by atoms with Crippen molar-refractivity contribution in [3.8, 4) is 0 Å². The fraction of sp³-hybridized carbons (Fsp3) is 0.615. The molecule has 6 nitrogen and oxygen atoms in total. The summed E-state index contributed by atoms with van der Waals surface area (Å²) in [4.78, 5) is 20.2. The van der Waals surface area contributed by atoms with Gasteiger partial charge in [0.2, 0.25) is 0 Å². The van der Waals surface area contributed by atoms with E-state index in [0.717, 1.165) is 32.2 Å². The van der Waals surface area contributed by atoms with Crippen molar-refractivity contribution in [3.05, 3.63) is 18.1 Å². The van der Waals surface area contributed by atoms with Crippen molar-refractivity contribution in [1.82, 2.24) is 15.3 Å². The van der Waals surface area contributed by atoms with Gasteiger partial charge in [0.05, 0.1) is 24.5 Å². The van der Waals surface area contributed by atoms with Crippen LogP contribution >= 0.6 is 0 Å². The molecule has 1 saturated carbocycles. The van der Waals surface area contributed by atoms with E-state index in [-0.39, 0.29) is 17.6 Å². The second-order valence-corrected chi connectivity index (χ2v) is 4.75. The number of rotatable bonds is 4. The third-order valence-corrected chi connectivity index (χ3v) is 3.27. The fourth-order valence-electron chi connectivity index (χ4n) is 2.26. The number of nitrogens with zero attached hydrogens (tertiary/aromatic N) is 2. The summed E-state index contributed by atoms with van der Waals surface area (Å²) in [6.07, 6.45) is 6.17. The highest BCUT2D eigenvalue weighted by molar-refractivity contribution is 5.92. The van der Waals surface area contributed by atoms with E-state index in [9.17, 15) is 9.90 Å². The van der Waals surface area contributed by atoms with Crippen molar-refractivity contribution in [2.75, 3.05) is 11.9 Å². The topological polar surface area (TPSA) is 87.1 Å². The van der Waals surface area contributed by atoms with Gasteiger partial charge in [0.15, 0.2) is 0 Å². The summed E-state index contributed by atoms with van der Waals surface area (Å²) < 4.78 is 0. The minimum Gasteiger partial charge on any atom is -0.391 e. The van der Waals surface area contributed by atoms with Gasteiger partial charge in [-0.2, -0.15) is 0 Å². The Morgan fingerprint density at radius 1 is 1.42 bits per heavy atom. The Morgan fingerprint density at radius 2 is 2.21 bits per heavy atom. The van der Waals surface area contributed by atoms with Gasteiger partial charge in [-0.1, -0.05) is 12.8 Å². The van der Waals surface area contributed by atoms with Crippen LogP contribution in [0, 0.1) is 0 Å². The highest BCUT2D eigenvalue weighted by atomic mass is 16.3. The minimum atomic E-state index is -0.456. The van der Waals surface area contributed by atoms with E-state index < -0.39 is 6.10 Å². The maximum atomic E-state index is 12.1. The first-order valence-electron chi connectivity index (χ1n) is 6.75. The fourth-order valence-corrected chi connectivity index (χ4v) is 2.26. The van der Waals surface area contributed by atoms with Crippen LogP contribution in [0.3, 0.4) is 0 Å². The lowest BCUT2D eigenvalue weighted by Gasteiger charge is -2.28. The first-order valence-corrected chi connectivity index (χ1v) is 6.75. The normalized spacial score (nSPS) is 22.8. The molecule has 1 aliphatic carbocycles. The van der Waals surface area contributed by atoms with Crippen LogP contribution in [0.2, 0.25) is 0 Å². The Labute approximate surface area is 112 Å². The maximum Gasteiger partial charge on any atom is 0.271 e. The largest absolute Gasteiger partial charge is 0.391 e. The monoisotopic (exact) mass is 264 g/mol. The highest BCUT2D eigenvalue weighted by Gasteiger charge is 2.25. The Balaban J connectivity index is 2.00. The molecule has 0 bridgehead atoms. The zero-order valence-electron chi connectivity index (χ0n) is 11.1. The maximum absolute atomic E-state index is 12.1. The van der Waals surface area contributed by atoms with Gasteiger partial charge in [0.1, 0.15) is 11.5 Å². The van der Waals surface area contributed by atoms with E-state index in [1.54, 1.807) is 6.20 Å². The summed E-state index contributed by atoms with van der Waals surface area (Å²) in [6, 6.07) is -0.175. The molecule has 1 amide bonds. The van der Waals surface area contributed by atoms with Crippen LogP contribution in [0.4, 0.5) is 5.82 Å². The van der Waals surface area contributed by atoms with Crippen LogP contribution in [0.25, 0.3) is 0 Å². The molecule has 0 saturated heterocycles. The van der Waals surface area contributed by atoms with E-state index in [0.29, 0.717) is 5.82 Å². The van der Waals surface area contributed by atoms with Gasteiger partial charge in [-0.15, -0.1) is 0 Å². The van der Waals surface area contributed by atoms with Crippen LogP contribution in [-0.2, 0) is 0 Å². The van der Waals surface area contributed by atoms with E-state index in [4.69, 9.17) is 0 Å². The molecule has 1 heterocycles. The van der Waals surface area contributed by atoms with Crippen molar-refractivity contribution in [1.29, 1.82) is 0 Å². The average Bonchev–Trinajstić information content (AvgIpc) is 2.42. The predicted molar refractivity (Wildman–Crippen MR) is 71.9 cm³/mol. The van der Waals surface area contributed by atoms with Gasteiger partial charge in [-0.25, -0.2) is 4.98 Å². The van der Waals surface area contributed by atoms with E-state index in [1.807, 2.05) is 6.92 Å². The lowest BCUT2D eigenvalue weighted by molar-refractivity contribution is 0.0713. The van der Waals surface area contributed by atoms with Gasteiger partial charge in [-0.3, -0.25) is 9.78 Å². The lowest BCUT2D eigenvalue weighted by Crippen LogP contribution is -2.45. The van der Waals surface area contributed by atoms with Gasteiger partial charge in [-0.05, 0) is 19.8 Å². The van der Waals surface area contributed by atoms with E-state index >= 15 is 0 Å². The zero-order valence-corrected chi connectivity index (χ0v) is 11.1. The number of amides is 1. The number of aliphatic hydroxyl groups excluding tert-OH is 1. The van der Waals surface area contributed by atoms with Crippen molar-refractivity contribution in [2.24, 2.45) is 0 Å². The molecule has 104 valence electrons. The molecule has 0 aliphatic heterocycles. The van der Waals surface area contributed by atoms with Gasteiger partial charge >= 0.3 is 0 Å². The number of hydrogen-bond acceptors (Lipinski definition) is 5. The molecule has 0 radical (unpaired) electrons. The summed E-state index contributed by atoms with van der Waals surface area (Å²) in [5.74, 6) is 0.303. The van der Waals surface area contributed by atoms with Gasteiger partial charge < -0.3 is 15.7 Å². The molecule has 1 aliphatic rings. The Hall–Kier alpha value is -1.69. The molecule has 1 aromatic heterocycles. The van der Waals surface area contributed by atoms with Crippen LogP contribution in [0.15, 0.2) is 12.4 Å². The molecule has 19 heavy (non-hydrogen) atoms. The van der Waals surface area contributed by atoms with Crippen LogP contribution in [0.5, 0.6) is 0 Å². The van der Waals surface area contributed by atoms with Gasteiger partial charge in [0.25, 0.3) is 5.91 Å². The Kier molecular flexibility index (Phi) is 4.68. The highest BCUT2D eigenvalue weighted by Crippen LogP contribution is 2.18. The molecule has 0 spiro atoms. The summed E-state index contributed by atoms with van der Waals surface area (Å²) in [5, 5.41) is 15.7. The summed E-state index contributed by atoms with van der Waals surface area (Å²) in [7, 11) is 0. The molecule has 2 atom stereocenters. The second kappa shape index (κ2) is 6.47. The number of nitrogens with one attached hydrogen (secondary N) is 2. The summed E-state index contributed by atoms with van der Waals surface area (Å²) >= 11 is 0. The number of aliphatic hydroxyl groups is 1. The van der Waals surface area contributed by atoms with Crippen molar-refractivity contribution in [3.63, 3.8) is 0 Å². The minimum absolute atomic E-state index is 0.175. The van der Waals surface area contributed by atoms with Crippen molar-refractivity contribution >= 4 is 11.7 Å². The molecular formula is C13H20N4O2. The number of anilines is 1. The molecule has 0 aromatic carbocycles. The predicted octanol–water partition coefficient (Wildman–Crippen LogP) is 0.942. The molecule has 1 fully saturated rings. The van der Waals surface area contributed by atoms with Crippen LogP contribution < -0.4 is 10.6 Å². The smallest absolute Gasteiger partial charge is 0.271 e. The Morgan fingerprint density at radius 3 is 2.95 bits per heavy atom. The van der Waals surface area contributed by atoms with E-state index in [1.165, 1.54) is 6.20 Å². The van der Waals surface area contributed by atoms with Crippen LogP contribution in [-0.4, -0.2) is 39.7 Å². The number of aromatic nitrogens is 2. The SMILES string of the molecule is CCNc1cncc(C(=O)NC2CCCCC2O)n1. The zero-order chi connectivity index (χ0) is 13.7. The molecular weight excluding hydrogens is 244 g/mol. The van der Waals surface area contributed by atoms with E-state index in [2.05, 4.69) is 20.6 Å². The molecule has 1 aromatic rings. The standard InChI is InChI=1S/C13H20N4O2/c1-2-15-12-8-14-7-10(16-12)13(19)17-9-5-3-4-6-11(9)18/h7-9,11,18H,2-6H2,1H3,(H,15,16)(H,17,19). The third-order valence-electron chi connectivity index (χ3n) is 3.27. The first kappa shape index (κ1) is 13.7. The average molecular weight is 264 g/mol. The van der Waals surface area contributed by atoms with Crippen molar-refractivity contribution < 1.29 is 9.90 Å². The Bertz CT molecular complexity index is 438. The first-order chi connectivity index (χ1) is 9.20. The quantitative estimate of drug-likeness (QED) is 0.753. The van der Waals surface area contributed by atoms with Crippen LogP contribution in [0.1, 0.15) is 43.1 Å². The molecule has 2 rings (SSSR count). The summed E-state index contributed by atoms with van der Waals surface area (Å²) in [5.41, 5.74) is 0.274. The second-order valence-electron chi connectivity index (χ2n) is 4.75. The van der Waals surface area contributed by atoms with Gasteiger partial charge in [0, 0.05) is 6.54 Å². The lowest BCUT2D eigenvalue weighted by atomic mass is 9.92. The summed E-state index contributed by atoms with van der Waals surface area (Å²) in [6.45, 7) is 2.67. The molecule has 6 heteroatoms. The number of carbonyl (C=O) groups excluding carboxylic acids is 1. The van der Waals surface area contributed by atoms with Crippen molar-refractivity contribution in [2.45, 2.75) is 44.8 Å². The third kappa shape index (κ3) is 3.64. The molecule has 2 unspecified atom stereocenters. The molecule has 3 N–H and O–H groups in total. The number of hydrogen-bond donors (Lipinski definition) is 3. The number of carbonyl (C=O) groups is 1.